The fraction of sp³-hybridized carbons (Fsp3) is 0.625. The smallest absolute Gasteiger partial charge is 0.410 e. The van der Waals surface area contributed by atoms with Crippen molar-refractivity contribution in [1.82, 2.24) is 15.1 Å². The molecule has 0 spiro atoms. The second-order valence-electron chi connectivity index (χ2n) is 9.44. The third-order valence-electron chi connectivity index (χ3n) is 5.38. The van der Waals surface area contributed by atoms with Crippen molar-refractivity contribution in [3.63, 3.8) is 0 Å². The molecule has 1 N–H and O–H groups in total. The van der Waals surface area contributed by atoms with Crippen molar-refractivity contribution in [3.05, 3.63) is 29.8 Å². The number of hydrogen-bond donors (Lipinski definition) is 1. The van der Waals surface area contributed by atoms with Crippen molar-refractivity contribution >= 4 is 17.9 Å². The zero-order chi connectivity index (χ0) is 23.9. The summed E-state index contributed by atoms with van der Waals surface area (Å²) in [6.07, 6.45) is 1.66. The second-order valence-corrected chi connectivity index (χ2v) is 9.44. The van der Waals surface area contributed by atoms with Crippen LogP contribution in [0.25, 0.3) is 0 Å². The van der Waals surface area contributed by atoms with Gasteiger partial charge in [0.25, 0.3) is 0 Å². The quantitative estimate of drug-likeness (QED) is 0.692. The number of hydrogen-bond acceptors (Lipinski definition) is 5. The molecule has 32 heavy (non-hydrogen) atoms. The first-order valence-electron chi connectivity index (χ1n) is 11.1. The Hall–Kier alpha value is -2.77. The molecule has 178 valence electrons. The number of carbonyl (C=O) groups is 3. The molecular formula is C24H37N3O5. The molecule has 1 saturated heterocycles. The summed E-state index contributed by atoms with van der Waals surface area (Å²) < 4.78 is 10.6. The van der Waals surface area contributed by atoms with Crippen molar-refractivity contribution in [2.24, 2.45) is 5.92 Å². The Balaban J connectivity index is 1.99. The Kier molecular flexibility index (Phi) is 8.92. The van der Waals surface area contributed by atoms with E-state index in [0.717, 1.165) is 24.2 Å². The summed E-state index contributed by atoms with van der Waals surface area (Å²) in [6.45, 7) is 8.77. The fourth-order valence-corrected chi connectivity index (χ4v) is 3.88. The molecule has 0 bridgehead atoms. The SMILES string of the molecule is COc1ccc(C(CC(=O)N2CCCC(CN(C)C(=O)OC(C)(C)C)C2)NC(C)=O)cc1. The molecule has 1 aromatic carbocycles. The van der Waals surface area contributed by atoms with Gasteiger partial charge >= 0.3 is 6.09 Å². The lowest BCUT2D eigenvalue weighted by molar-refractivity contribution is -0.133. The zero-order valence-electron chi connectivity index (χ0n) is 20.1. The van der Waals surface area contributed by atoms with Crippen LogP contribution in [0.2, 0.25) is 0 Å². The van der Waals surface area contributed by atoms with E-state index in [9.17, 15) is 14.4 Å². The van der Waals surface area contributed by atoms with Crippen LogP contribution >= 0.6 is 0 Å². The van der Waals surface area contributed by atoms with E-state index in [4.69, 9.17) is 9.47 Å². The van der Waals surface area contributed by atoms with Gasteiger partial charge in [0.2, 0.25) is 11.8 Å². The van der Waals surface area contributed by atoms with E-state index in [0.29, 0.717) is 19.6 Å². The molecule has 2 atom stereocenters. The summed E-state index contributed by atoms with van der Waals surface area (Å²) in [5.74, 6) is 0.707. The largest absolute Gasteiger partial charge is 0.497 e. The van der Waals surface area contributed by atoms with Gasteiger partial charge in [-0.3, -0.25) is 9.59 Å². The molecule has 1 aromatic rings. The Morgan fingerprint density at radius 1 is 1.22 bits per heavy atom. The fourth-order valence-electron chi connectivity index (χ4n) is 3.88. The van der Waals surface area contributed by atoms with Gasteiger partial charge in [0.15, 0.2) is 0 Å². The summed E-state index contributed by atoms with van der Waals surface area (Å²) in [4.78, 5) is 40.5. The van der Waals surface area contributed by atoms with Crippen molar-refractivity contribution in [1.29, 1.82) is 0 Å². The lowest BCUT2D eigenvalue weighted by Gasteiger charge is -2.36. The minimum Gasteiger partial charge on any atom is -0.497 e. The van der Waals surface area contributed by atoms with Gasteiger partial charge in [-0.25, -0.2) is 4.79 Å². The van der Waals surface area contributed by atoms with Crippen molar-refractivity contribution in [2.75, 3.05) is 33.8 Å². The Morgan fingerprint density at radius 2 is 1.88 bits per heavy atom. The molecule has 3 amide bonds. The molecule has 1 aliphatic heterocycles. The second kappa shape index (κ2) is 11.2. The molecule has 0 saturated carbocycles. The summed E-state index contributed by atoms with van der Waals surface area (Å²) in [6, 6.07) is 6.95. The number of rotatable bonds is 7. The van der Waals surface area contributed by atoms with Gasteiger partial charge in [0.05, 0.1) is 19.6 Å². The number of ether oxygens (including phenoxy) is 2. The number of methoxy groups -OCH3 is 1. The minimum absolute atomic E-state index is 0.0100. The minimum atomic E-state index is -0.542. The first-order chi connectivity index (χ1) is 15.0. The van der Waals surface area contributed by atoms with Crippen LogP contribution in [-0.4, -0.2) is 67.1 Å². The molecule has 8 nitrogen and oxygen atoms in total. The molecule has 2 unspecified atom stereocenters. The summed E-state index contributed by atoms with van der Waals surface area (Å²) in [5, 5.41) is 2.89. The highest BCUT2D eigenvalue weighted by Crippen LogP contribution is 2.24. The maximum atomic E-state index is 13.1. The van der Waals surface area contributed by atoms with Gasteiger partial charge in [-0.05, 0) is 57.2 Å². The highest BCUT2D eigenvalue weighted by atomic mass is 16.6. The van der Waals surface area contributed by atoms with E-state index < -0.39 is 11.6 Å². The lowest BCUT2D eigenvalue weighted by atomic mass is 9.96. The third kappa shape index (κ3) is 8.05. The van der Waals surface area contributed by atoms with Crippen LogP contribution in [0.4, 0.5) is 4.79 Å². The van der Waals surface area contributed by atoms with E-state index in [1.165, 1.54) is 6.92 Å². The average Bonchev–Trinajstić information content (AvgIpc) is 2.72. The van der Waals surface area contributed by atoms with Crippen LogP contribution in [-0.2, 0) is 14.3 Å². The normalized spacial score (nSPS) is 17.3. The molecule has 1 aliphatic rings. The summed E-state index contributed by atoms with van der Waals surface area (Å²) >= 11 is 0. The van der Waals surface area contributed by atoms with Gasteiger partial charge in [-0.1, -0.05) is 12.1 Å². The van der Waals surface area contributed by atoms with Crippen molar-refractivity contribution < 1.29 is 23.9 Å². The van der Waals surface area contributed by atoms with Gasteiger partial charge in [0.1, 0.15) is 11.4 Å². The molecule has 1 heterocycles. The number of nitrogens with one attached hydrogen (secondary N) is 1. The van der Waals surface area contributed by atoms with Gasteiger partial charge in [-0.15, -0.1) is 0 Å². The van der Waals surface area contributed by atoms with Crippen LogP contribution in [0, 0.1) is 5.92 Å². The number of piperidine rings is 1. The van der Waals surface area contributed by atoms with Crippen LogP contribution in [0.1, 0.15) is 58.6 Å². The first kappa shape index (κ1) is 25.5. The maximum absolute atomic E-state index is 13.1. The van der Waals surface area contributed by atoms with E-state index in [1.807, 2.05) is 49.9 Å². The molecule has 2 rings (SSSR count). The number of amides is 3. The van der Waals surface area contributed by atoms with Crippen molar-refractivity contribution in [3.8, 4) is 5.75 Å². The highest BCUT2D eigenvalue weighted by Gasteiger charge is 2.29. The number of carbonyl (C=O) groups excluding carboxylic acids is 3. The molecule has 1 fully saturated rings. The van der Waals surface area contributed by atoms with Crippen LogP contribution in [0.3, 0.4) is 0 Å². The predicted molar refractivity (Wildman–Crippen MR) is 122 cm³/mol. The standard InChI is InChI=1S/C24H37N3O5/c1-17(28)25-21(19-9-11-20(31-6)12-10-19)14-22(29)27-13-7-8-18(16-27)15-26(5)23(30)32-24(2,3)4/h9-12,18,21H,7-8,13-16H2,1-6H3,(H,25,28). The van der Waals surface area contributed by atoms with Gasteiger partial charge in [0, 0.05) is 33.6 Å². The number of likely N-dealkylation sites (tertiary alicyclic amines) is 1. The molecule has 0 aromatic heterocycles. The topological polar surface area (TPSA) is 88.2 Å². The van der Waals surface area contributed by atoms with Crippen LogP contribution < -0.4 is 10.1 Å². The molecule has 0 aliphatic carbocycles. The van der Waals surface area contributed by atoms with Crippen LogP contribution in [0.5, 0.6) is 5.75 Å². The molecule has 0 radical (unpaired) electrons. The lowest BCUT2D eigenvalue weighted by Crippen LogP contribution is -2.45. The number of nitrogens with zero attached hydrogens (tertiary/aromatic N) is 2. The maximum Gasteiger partial charge on any atom is 0.410 e. The monoisotopic (exact) mass is 447 g/mol. The number of benzene rings is 1. The van der Waals surface area contributed by atoms with Gasteiger partial charge < -0.3 is 24.6 Å². The van der Waals surface area contributed by atoms with E-state index >= 15 is 0 Å². The van der Waals surface area contributed by atoms with Crippen LogP contribution in [0.15, 0.2) is 24.3 Å². The average molecular weight is 448 g/mol. The van der Waals surface area contributed by atoms with E-state index in [-0.39, 0.29) is 30.2 Å². The predicted octanol–water partition coefficient (Wildman–Crippen LogP) is 3.37. The molecule has 8 heteroatoms. The van der Waals surface area contributed by atoms with E-state index in [2.05, 4.69) is 5.32 Å². The van der Waals surface area contributed by atoms with E-state index in [1.54, 1.807) is 19.1 Å². The summed E-state index contributed by atoms with van der Waals surface area (Å²) in [5.41, 5.74) is 0.313. The summed E-state index contributed by atoms with van der Waals surface area (Å²) in [7, 11) is 3.32. The first-order valence-corrected chi connectivity index (χ1v) is 11.1. The third-order valence-corrected chi connectivity index (χ3v) is 5.38. The molecular weight excluding hydrogens is 410 g/mol. The Morgan fingerprint density at radius 3 is 2.44 bits per heavy atom. The highest BCUT2D eigenvalue weighted by molar-refractivity contribution is 5.79. The Labute approximate surface area is 191 Å². The van der Waals surface area contributed by atoms with Gasteiger partial charge in [-0.2, -0.15) is 0 Å². The zero-order valence-corrected chi connectivity index (χ0v) is 20.1. The Bertz CT molecular complexity index is 788. The van der Waals surface area contributed by atoms with Crippen molar-refractivity contribution in [2.45, 2.75) is 58.6 Å².